The number of nitrogens with zero attached hydrogens (tertiary/aromatic N) is 1. The van der Waals surface area contributed by atoms with E-state index in [4.69, 9.17) is 15.2 Å². The van der Waals surface area contributed by atoms with E-state index < -0.39 is 0 Å². The second-order valence-corrected chi connectivity index (χ2v) is 3.25. The van der Waals surface area contributed by atoms with Crippen molar-refractivity contribution in [3.8, 4) is 0 Å². The summed E-state index contributed by atoms with van der Waals surface area (Å²) in [5, 5.41) is 0. The Hall–Kier alpha value is -1.13. The summed E-state index contributed by atoms with van der Waals surface area (Å²) in [5.41, 5.74) is 6.58. The minimum Gasteiger partial charge on any atom is -0.384 e. The largest absolute Gasteiger partial charge is 0.384 e. The molecule has 0 amide bonds. The Morgan fingerprint density at radius 2 is 2.07 bits per heavy atom. The maximum Gasteiger partial charge on any atom is 0.123 e. The molecule has 0 fully saturated rings. The van der Waals surface area contributed by atoms with Crippen molar-refractivity contribution in [1.29, 1.82) is 0 Å². The van der Waals surface area contributed by atoms with Crippen LogP contribution in [0.15, 0.2) is 18.3 Å². The zero-order chi connectivity index (χ0) is 10.9. The van der Waals surface area contributed by atoms with Crippen LogP contribution >= 0.6 is 0 Å². The number of nitrogens with two attached hydrogens (primary N) is 1. The summed E-state index contributed by atoms with van der Waals surface area (Å²) in [6.07, 6.45) is 2.72. The summed E-state index contributed by atoms with van der Waals surface area (Å²) < 4.78 is 10.7. The predicted molar refractivity (Wildman–Crippen MR) is 59.4 cm³/mol. The predicted octanol–water partition coefficient (Wildman–Crippen LogP) is 1.61. The van der Waals surface area contributed by atoms with E-state index in [1.54, 1.807) is 6.20 Å². The lowest BCUT2D eigenvalue weighted by Gasteiger charge is -2.05. The first-order valence-corrected chi connectivity index (χ1v) is 5.19. The van der Waals surface area contributed by atoms with Gasteiger partial charge in [0.15, 0.2) is 0 Å². The Labute approximate surface area is 90.4 Å². The van der Waals surface area contributed by atoms with Gasteiger partial charge in [0.25, 0.3) is 0 Å². The molecule has 0 aliphatic heterocycles. The standard InChI is InChI=1S/C11H18N2O2/c1-2-5-14-6-7-15-9-10-3-4-13-11(12)8-10/h3-4,8H,2,5-7,9H2,1H3,(H2,12,13). The molecule has 0 aliphatic carbocycles. The summed E-state index contributed by atoms with van der Waals surface area (Å²) in [5.74, 6) is 0.526. The van der Waals surface area contributed by atoms with Crippen LogP contribution in [0.25, 0.3) is 0 Å². The number of hydrogen-bond donors (Lipinski definition) is 1. The van der Waals surface area contributed by atoms with Crippen LogP contribution in [0.4, 0.5) is 5.82 Å². The lowest BCUT2D eigenvalue weighted by Crippen LogP contribution is -2.05. The molecular formula is C11H18N2O2. The van der Waals surface area contributed by atoms with Gasteiger partial charge in [-0.15, -0.1) is 0 Å². The van der Waals surface area contributed by atoms with Crippen LogP contribution in [-0.4, -0.2) is 24.8 Å². The van der Waals surface area contributed by atoms with E-state index in [1.807, 2.05) is 12.1 Å². The van der Waals surface area contributed by atoms with Gasteiger partial charge in [-0.1, -0.05) is 6.92 Å². The minimum atomic E-state index is 0.526. The maximum absolute atomic E-state index is 5.54. The monoisotopic (exact) mass is 210 g/mol. The normalized spacial score (nSPS) is 10.5. The first-order valence-electron chi connectivity index (χ1n) is 5.19. The Balaban J connectivity index is 2.10. The molecule has 15 heavy (non-hydrogen) atoms. The molecule has 0 aromatic carbocycles. The van der Waals surface area contributed by atoms with Crippen LogP contribution in [-0.2, 0) is 16.1 Å². The van der Waals surface area contributed by atoms with Crippen molar-refractivity contribution >= 4 is 5.82 Å². The first kappa shape index (κ1) is 11.9. The fourth-order valence-corrected chi connectivity index (χ4v) is 1.14. The molecular weight excluding hydrogens is 192 g/mol. The van der Waals surface area contributed by atoms with Crippen molar-refractivity contribution in [2.45, 2.75) is 20.0 Å². The van der Waals surface area contributed by atoms with Gasteiger partial charge < -0.3 is 15.2 Å². The molecule has 1 aromatic rings. The fourth-order valence-electron chi connectivity index (χ4n) is 1.14. The third kappa shape index (κ3) is 5.34. The SMILES string of the molecule is CCCOCCOCc1ccnc(N)c1. The fraction of sp³-hybridized carbons (Fsp3) is 0.545. The van der Waals surface area contributed by atoms with Crippen LogP contribution in [0.2, 0.25) is 0 Å². The number of ether oxygens (including phenoxy) is 2. The van der Waals surface area contributed by atoms with Crippen molar-refractivity contribution in [3.63, 3.8) is 0 Å². The molecule has 1 aromatic heterocycles. The number of hydrogen-bond acceptors (Lipinski definition) is 4. The van der Waals surface area contributed by atoms with E-state index in [2.05, 4.69) is 11.9 Å². The van der Waals surface area contributed by atoms with Gasteiger partial charge in [0, 0.05) is 12.8 Å². The molecule has 0 saturated carbocycles. The van der Waals surface area contributed by atoms with Crippen molar-refractivity contribution in [1.82, 2.24) is 4.98 Å². The summed E-state index contributed by atoms with van der Waals surface area (Å²) in [7, 11) is 0. The Kier molecular flexibility index (Phi) is 5.73. The number of pyridine rings is 1. The molecule has 2 N–H and O–H groups in total. The van der Waals surface area contributed by atoms with Crippen LogP contribution in [0, 0.1) is 0 Å². The number of rotatable bonds is 7. The molecule has 0 saturated heterocycles. The van der Waals surface area contributed by atoms with Crippen LogP contribution in [0.1, 0.15) is 18.9 Å². The molecule has 0 unspecified atom stereocenters. The highest BCUT2D eigenvalue weighted by molar-refractivity contribution is 5.31. The molecule has 0 atom stereocenters. The lowest BCUT2D eigenvalue weighted by atomic mass is 10.3. The van der Waals surface area contributed by atoms with E-state index in [9.17, 15) is 0 Å². The minimum absolute atomic E-state index is 0.526. The number of nitrogen functional groups attached to an aromatic ring is 1. The second kappa shape index (κ2) is 7.20. The van der Waals surface area contributed by atoms with Gasteiger partial charge in [0.2, 0.25) is 0 Å². The van der Waals surface area contributed by atoms with Crippen molar-refractivity contribution in [3.05, 3.63) is 23.9 Å². The third-order valence-corrected chi connectivity index (χ3v) is 1.83. The van der Waals surface area contributed by atoms with Crippen LogP contribution < -0.4 is 5.73 Å². The summed E-state index contributed by atoms with van der Waals surface area (Å²) in [4.78, 5) is 3.91. The molecule has 0 aliphatic rings. The zero-order valence-corrected chi connectivity index (χ0v) is 9.11. The highest BCUT2D eigenvalue weighted by atomic mass is 16.5. The topological polar surface area (TPSA) is 57.4 Å². The number of anilines is 1. The smallest absolute Gasteiger partial charge is 0.123 e. The van der Waals surface area contributed by atoms with Crippen molar-refractivity contribution in [2.24, 2.45) is 0 Å². The van der Waals surface area contributed by atoms with E-state index in [1.165, 1.54) is 0 Å². The second-order valence-electron chi connectivity index (χ2n) is 3.25. The highest BCUT2D eigenvalue weighted by Crippen LogP contribution is 2.04. The first-order chi connectivity index (χ1) is 7.33. The lowest BCUT2D eigenvalue weighted by molar-refractivity contribution is 0.0408. The van der Waals surface area contributed by atoms with E-state index >= 15 is 0 Å². The highest BCUT2D eigenvalue weighted by Gasteiger charge is 1.94. The molecule has 1 rings (SSSR count). The van der Waals surface area contributed by atoms with Gasteiger partial charge >= 0.3 is 0 Å². The molecule has 0 bridgehead atoms. The summed E-state index contributed by atoms with van der Waals surface area (Å²) in [6.45, 7) is 4.70. The quantitative estimate of drug-likeness (QED) is 0.694. The van der Waals surface area contributed by atoms with Crippen LogP contribution in [0.5, 0.6) is 0 Å². The Morgan fingerprint density at radius 3 is 2.80 bits per heavy atom. The molecule has 4 heteroatoms. The average molecular weight is 210 g/mol. The van der Waals surface area contributed by atoms with Gasteiger partial charge in [-0.3, -0.25) is 0 Å². The molecule has 1 heterocycles. The van der Waals surface area contributed by atoms with Gasteiger partial charge in [0.05, 0.1) is 19.8 Å². The van der Waals surface area contributed by atoms with E-state index in [-0.39, 0.29) is 0 Å². The average Bonchev–Trinajstić information content (AvgIpc) is 2.23. The van der Waals surface area contributed by atoms with Gasteiger partial charge in [-0.05, 0) is 24.1 Å². The van der Waals surface area contributed by atoms with Crippen LogP contribution in [0.3, 0.4) is 0 Å². The Morgan fingerprint density at radius 1 is 1.27 bits per heavy atom. The Bertz CT molecular complexity index is 279. The van der Waals surface area contributed by atoms with Gasteiger partial charge in [0.1, 0.15) is 5.82 Å². The van der Waals surface area contributed by atoms with Crippen molar-refractivity contribution in [2.75, 3.05) is 25.6 Å². The zero-order valence-electron chi connectivity index (χ0n) is 9.11. The van der Waals surface area contributed by atoms with Gasteiger partial charge in [-0.2, -0.15) is 0 Å². The third-order valence-electron chi connectivity index (χ3n) is 1.83. The number of aromatic nitrogens is 1. The molecule has 4 nitrogen and oxygen atoms in total. The maximum atomic E-state index is 5.54. The van der Waals surface area contributed by atoms with E-state index in [0.29, 0.717) is 25.6 Å². The van der Waals surface area contributed by atoms with Crippen molar-refractivity contribution < 1.29 is 9.47 Å². The van der Waals surface area contributed by atoms with E-state index in [0.717, 1.165) is 18.6 Å². The summed E-state index contributed by atoms with van der Waals surface area (Å²) in [6, 6.07) is 3.70. The van der Waals surface area contributed by atoms with Gasteiger partial charge in [-0.25, -0.2) is 4.98 Å². The molecule has 0 spiro atoms. The summed E-state index contributed by atoms with van der Waals surface area (Å²) >= 11 is 0. The molecule has 84 valence electrons. The molecule has 0 radical (unpaired) electrons.